The number of carbonyl (C=O) groups is 3. The number of nitrogens with one attached hydrogen (secondary N) is 2. The molecule has 0 aliphatic carbocycles. The third-order valence-electron chi connectivity index (χ3n) is 7.15. The van der Waals surface area contributed by atoms with Gasteiger partial charge in [0.2, 0.25) is 12.7 Å². The van der Waals surface area contributed by atoms with Crippen molar-refractivity contribution in [3.8, 4) is 11.5 Å². The van der Waals surface area contributed by atoms with Crippen LogP contribution >= 0.6 is 0 Å². The third-order valence-corrected chi connectivity index (χ3v) is 7.15. The summed E-state index contributed by atoms with van der Waals surface area (Å²) >= 11 is 0. The summed E-state index contributed by atoms with van der Waals surface area (Å²) in [6.07, 6.45) is 0.244. The van der Waals surface area contributed by atoms with Crippen LogP contribution in [0, 0.1) is 5.92 Å². The molecule has 0 unspecified atom stereocenters. The molecule has 1 amide bonds. The van der Waals surface area contributed by atoms with E-state index in [0.29, 0.717) is 28.3 Å². The molecule has 0 bridgehead atoms. The lowest BCUT2D eigenvalue weighted by Crippen LogP contribution is -2.56. The molecule has 2 fully saturated rings. The molecule has 0 aromatic heterocycles. The van der Waals surface area contributed by atoms with E-state index in [1.54, 1.807) is 25.1 Å². The minimum Gasteiger partial charge on any atom is -0.466 e. The Morgan fingerprint density at radius 1 is 1.12 bits per heavy atom. The zero-order chi connectivity index (χ0) is 22.8. The fourth-order valence-corrected chi connectivity index (χ4v) is 5.86. The van der Waals surface area contributed by atoms with Gasteiger partial charge in [-0.3, -0.25) is 19.7 Å². The highest BCUT2D eigenvalue weighted by Gasteiger charge is 2.75. The van der Waals surface area contributed by atoms with Crippen LogP contribution in [0.4, 0.5) is 5.69 Å². The van der Waals surface area contributed by atoms with E-state index < -0.39 is 34.9 Å². The number of hydrogen-bond donors (Lipinski definition) is 2. The van der Waals surface area contributed by atoms with Crippen LogP contribution in [0.1, 0.15) is 30.5 Å². The predicted octanol–water partition coefficient (Wildman–Crippen LogP) is 1.81. The summed E-state index contributed by atoms with van der Waals surface area (Å²) in [6, 6.07) is 11.9. The molecule has 0 radical (unpaired) electrons. The van der Waals surface area contributed by atoms with E-state index >= 15 is 0 Å². The van der Waals surface area contributed by atoms with Crippen LogP contribution in [0.15, 0.2) is 42.5 Å². The van der Waals surface area contributed by atoms with E-state index in [-0.39, 0.29) is 32.3 Å². The first-order chi connectivity index (χ1) is 16.0. The van der Waals surface area contributed by atoms with Crippen LogP contribution in [0.2, 0.25) is 0 Å². The number of carbonyl (C=O) groups excluding carboxylic acids is 3. The van der Waals surface area contributed by atoms with Gasteiger partial charge in [-0.05, 0) is 36.2 Å². The molecule has 2 aromatic rings. The molecule has 9 nitrogen and oxygen atoms in total. The van der Waals surface area contributed by atoms with Gasteiger partial charge < -0.3 is 24.3 Å². The molecule has 4 aliphatic rings. The fraction of sp³-hybridized carbons (Fsp3) is 0.375. The van der Waals surface area contributed by atoms with E-state index in [1.165, 1.54) is 0 Å². The Labute approximate surface area is 189 Å². The number of ether oxygens (including phenoxy) is 4. The molecular weight excluding hydrogens is 428 g/mol. The van der Waals surface area contributed by atoms with Crippen molar-refractivity contribution in [2.45, 2.75) is 30.3 Å². The smallest absolute Gasteiger partial charge is 0.327 e. The topological polar surface area (TPSA) is 112 Å². The summed E-state index contributed by atoms with van der Waals surface area (Å²) < 4.78 is 21.8. The summed E-state index contributed by atoms with van der Waals surface area (Å²) in [5.41, 5.74) is -0.897. The number of anilines is 1. The third kappa shape index (κ3) is 2.48. The van der Waals surface area contributed by atoms with Gasteiger partial charge in [0, 0.05) is 12.1 Å². The zero-order valence-corrected chi connectivity index (χ0v) is 17.9. The van der Waals surface area contributed by atoms with Crippen molar-refractivity contribution in [2.24, 2.45) is 5.92 Å². The van der Waals surface area contributed by atoms with Crippen LogP contribution in [0.5, 0.6) is 11.5 Å². The second-order valence-electron chi connectivity index (χ2n) is 8.60. The molecule has 170 valence electrons. The molecule has 2 spiro atoms. The summed E-state index contributed by atoms with van der Waals surface area (Å²) in [5.74, 6) is -1.52. The summed E-state index contributed by atoms with van der Waals surface area (Å²) in [5, 5.41) is 6.32. The van der Waals surface area contributed by atoms with Gasteiger partial charge in [-0.1, -0.05) is 24.3 Å². The van der Waals surface area contributed by atoms with Crippen LogP contribution in [0.25, 0.3) is 0 Å². The van der Waals surface area contributed by atoms with E-state index in [9.17, 15) is 14.4 Å². The lowest BCUT2D eigenvalue weighted by atomic mass is 9.62. The highest BCUT2D eigenvalue weighted by atomic mass is 16.7. The summed E-state index contributed by atoms with van der Waals surface area (Å²) in [6.45, 7) is 2.07. The first kappa shape index (κ1) is 20.0. The second-order valence-corrected chi connectivity index (χ2v) is 8.60. The van der Waals surface area contributed by atoms with Crippen molar-refractivity contribution in [3.05, 3.63) is 53.6 Å². The highest BCUT2D eigenvalue weighted by molar-refractivity contribution is 6.12. The van der Waals surface area contributed by atoms with E-state index in [1.807, 2.05) is 24.3 Å². The van der Waals surface area contributed by atoms with Gasteiger partial charge >= 0.3 is 11.9 Å². The van der Waals surface area contributed by atoms with Crippen LogP contribution in [-0.2, 0) is 29.3 Å². The number of fused-ring (bicyclic) bond motifs is 3. The maximum absolute atomic E-state index is 13.9. The lowest BCUT2D eigenvalue weighted by Gasteiger charge is -2.34. The monoisotopic (exact) mass is 450 g/mol. The van der Waals surface area contributed by atoms with E-state index in [2.05, 4.69) is 10.6 Å². The molecule has 6 rings (SSSR count). The number of benzene rings is 2. The van der Waals surface area contributed by atoms with E-state index in [0.717, 1.165) is 0 Å². The summed E-state index contributed by atoms with van der Waals surface area (Å²) in [7, 11) is 0. The zero-order valence-electron chi connectivity index (χ0n) is 17.9. The predicted molar refractivity (Wildman–Crippen MR) is 114 cm³/mol. The first-order valence-electron chi connectivity index (χ1n) is 10.9. The Morgan fingerprint density at radius 2 is 1.94 bits per heavy atom. The SMILES string of the molecule is CCOC(=O)[C@H]1[C@]2(C(=O)Nc3ccccc32)[C@H](c2ccc3c(c2)OCO3)N[C@@]12CCOC2=O. The minimum atomic E-state index is -1.43. The number of rotatable bonds is 3. The number of amides is 1. The molecule has 4 aliphatic heterocycles. The van der Waals surface area contributed by atoms with Gasteiger partial charge in [-0.15, -0.1) is 0 Å². The van der Waals surface area contributed by atoms with Crippen molar-refractivity contribution in [3.63, 3.8) is 0 Å². The molecule has 2 saturated heterocycles. The van der Waals surface area contributed by atoms with Gasteiger partial charge in [-0.25, -0.2) is 0 Å². The molecule has 2 N–H and O–H groups in total. The first-order valence-corrected chi connectivity index (χ1v) is 10.9. The van der Waals surface area contributed by atoms with Crippen molar-refractivity contribution in [1.29, 1.82) is 0 Å². The Morgan fingerprint density at radius 3 is 2.73 bits per heavy atom. The number of esters is 2. The average molecular weight is 450 g/mol. The fourth-order valence-electron chi connectivity index (χ4n) is 5.86. The van der Waals surface area contributed by atoms with Crippen molar-refractivity contribution >= 4 is 23.5 Å². The van der Waals surface area contributed by atoms with Crippen molar-refractivity contribution in [1.82, 2.24) is 5.32 Å². The summed E-state index contributed by atoms with van der Waals surface area (Å²) in [4.78, 5) is 40.6. The molecule has 4 atom stereocenters. The maximum Gasteiger partial charge on any atom is 0.327 e. The quantitative estimate of drug-likeness (QED) is 0.681. The van der Waals surface area contributed by atoms with Gasteiger partial charge in [0.05, 0.1) is 19.3 Å². The Bertz CT molecular complexity index is 1200. The van der Waals surface area contributed by atoms with Crippen LogP contribution in [0.3, 0.4) is 0 Å². The standard InChI is InChI=1S/C24H22N2O7/c1-2-30-20(27)18-23(9-10-31-22(23)29)26-19(13-7-8-16-17(11-13)33-12-32-16)24(18)14-5-3-4-6-15(14)25-21(24)28/h3-8,11,18-19,26H,2,9-10,12H2,1H3,(H,25,28)/t18-,19+,23+,24+/m1/s1. The van der Waals surface area contributed by atoms with Crippen LogP contribution < -0.4 is 20.1 Å². The molecule has 0 saturated carbocycles. The van der Waals surface area contributed by atoms with Gasteiger partial charge in [0.25, 0.3) is 0 Å². The largest absolute Gasteiger partial charge is 0.466 e. The number of hydrogen-bond acceptors (Lipinski definition) is 8. The highest BCUT2D eigenvalue weighted by Crippen LogP contribution is 2.61. The second kappa shape index (κ2) is 6.95. The van der Waals surface area contributed by atoms with E-state index in [4.69, 9.17) is 18.9 Å². The van der Waals surface area contributed by atoms with Crippen molar-refractivity contribution in [2.75, 3.05) is 25.3 Å². The maximum atomic E-state index is 13.9. The molecular formula is C24H22N2O7. The molecule has 2 aromatic carbocycles. The van der Waals surface area contributed by atoms with Crippen molar-refractivity contribution < 1.29 is 33.3 Å². The van der Waals surface area contributed by atoms with Gasteiger partial charge in [0.1, 0.15) is 16.9 Å². The molecule has 4 heterocycles. The number of cyclic esters (lactones) is 1. The molecule has 33 heavy (non-hydrogen) atoms. The Balaban J connectivity index is 1.63. The number of para-hydroxylation sites is 1. The average Bonchev–Trinajstić information content (AvgIpc) is 3.55. The lowest BCUT2D eigenvalue weighted by molar-refractivity contribution is -0.159. The minimum absolute atomic E-state index is 0.104. The van der Waals surface area contributed by atoms with Gasteiger partial charge in [0.15, 0.2) is 11.5 Å². The Kier molecular flexibility index (Phi) is 4.22. The Hall–Kier alpha value is -3.59. The van der Waals surface area contributed by atoms with Crippen LogP contribution in [-0.4, -0.2) is 43.4 Å². The molecule has 9 heteroatoms. The normalized spacial score (nSPS) is 31.1. The van der Waals surface area contributed by atoms with Gasteiger partial charge in [-0.2, -0.15) is 0 Å².